The average molecular weight is 441 g/mol. The lowest BCUT2D eigenvalue weighted by Gasteiger charge is -2.15. The predicted octanol–water partition coefficient (Wildman–Crippen LogP) is 4.36. The Morgan fingerprint density at radius 1 is 1.00 bits per heavy atom. The van der Waals surface area contributed by atoms with Crippen molar-refractivity contribution in [1.82, 2.24) is 14.8 Å². The molecule has 8 nitrogen and oxygen atoms in total. The monoisotopic (exact) mass is 440 g/mol. The van der Waals surface area contributed by atoms with Crippen molar-refractivity contribution in [2.24, 2.45) is 0 Å². The molecule has 1 aromatic heterocycles. The van der Waals surface area contributed by atoms with Crippen LogP contribution in [0.1, 0.15) is 13.3 Å². The van der Waals surface area contributed by atoms with Crippen molar-refractivity contribution >= 4 is 11.8 Å². The molecule has 0 atom stereocenters. The second-order valence-electron chi connectivity index (χ2n) is 6.24. The minimum absolute atomic E-state index is 0.417. The van der Waals surface area contributed by atoms with Gasteiger partial charge in [-0.1, -0.05) is 11.8 Å². The van der Waals surface area contributed by atoms with Crippen LogP contribution in [0.5, 0.6) is 23.0 Å². The van der Waals surface area contributed by atoms with Crippen LogP contribution in [0.4, 0.5) is 0 Å². The molecule has 9 heteroatoms. The predicted molar refractivity (Wildman–Crippen MR) is 119 cm³/mol. The summed E-state index contributed by atoms with van der Waals surface area (Å²) in [7, 11) is 4.70. The zero-order valence-corrected chi connectivity index (χ0v) is 18.7. The van der Waals surface area contributed by atoms with Gasteiger partial charge in [0.25, 0.3) is 0 Å². The van der Waals surface area contributed by atoms with E-state index in [2.05, 4.69) is 16.3 Å². The third-order valence-corrected chi connectivity index (χ3v) is 5.34. The van der Waals surface area contributed by atoms with Gasteiger partial charge >= 0.3 is 0 Å². The van der Waals surface area contributed by atoms with Gasteiger partial charge in [0.15, 0.2) is 22.5 Å². The van der Waals surface area contributed by atoms with E-state index >= 15 is 0 Å². The van der Waals surface area contributed by atoms with Crippen molar-refractivity contribution in [1.29, 1.82) is 5.26 Å². The van der Waals surface area contributed by atoms with E-state index in [0.717, 1.165) is 17.0 Å². The van der Waals surface area contributed by atoms with E-state index in [0.29, 0.717) is 47.0 Å². The fraction of sp³-hybridized carbons (Fsp3) is 0.318. The largest absolute Gasteiger partial charge is 0.494 e. The normalized spacial score (nSPS) is 10.4. The highest BCUT2D eigenvalue weighted by molar-refractivity contribution is 7.99. The highest BCUT2D eigenvalue weighted by Gasteiger charge is 2.20. The number of nitrogens with zero attached hydrogens (tertiary/aromatic N) is 4. The molecule has 2 aromatic carbocycles. The lowest BCUT2D eigenvalue weighted by molar-refractivity contribution is 0.324. The van der Waals surface area contributed by atoms with Gasteiger partial charge in [-0.05, 0) is 43.3 Å². The maximum atomic E-state index is 8.90. The van der Waals surface area contributed by atoms with Gasteiger partial charge in [-0.15, -0.1) is 10.2 Å². The second-order valence-corrected chi connectivity index (χ2v) is 7.30. The molecular formula is C22H24N4O4S. The minimum Gasteiger partial charge on any atom is -0.494 e. The van der Waals surface area contributed by atoms with Crippen LogP contribution in [-0.4, -0.2) is 48.5 Å². The summed E-state index contributed by atoms with van der Waals surface area (Å²) in [6.45, 7) is 2.54. The highest BCUT2D eigenvalue weighted by atomic mass is 32.2. The van der Waals surface area contributed by atoms with E-state index in [9.17, 15) is 0 Å². The Morgan fingerprint density at radius 3 is 2.23 bits per heavy atom. The summed E-state index contributed by atoms with van der Waals surface area (Å²) in [6.07, 6.45) is 0.417. The number of hydrogen-bond acceptors (Lipinski definition) is 8. The fourth-order valence-electron chi connectivity index (χ4n) is 3.04. The number of aromatic nitrogens is 3. The Bertz CT molecular complexity index is 1040. The number of rotatable bonds is 10. The molecule has 0 spiro atoms. The van der Waals surface area contributed by atoms with Gasteiger partial charge in [0.1, 0.15) is 5.75 Å². The maximum absolute atomic E-state index is 8.90. The van der Waals surface area contributed by atoms with Gasteiger partial charge in [-0.2, -0.15) is 5.26 Å². The van der Waals surface area contributed by atoms with Gasteiger partial charge in [-0.25, -0.2) is 0 Å². The van der Waals surface area contributed by atoms with Crippen molar-refractivity contribution in [3.05, 3.63) is 36.4 Å². The van der Waals surface area contributed by atoms with Crippen LogP contribution in [0.2, 0.25) is 0 Å². The molecule has 0 aliphatic rings. The number of nitriles is 1. The van der Waals surface area contributed by atoms with Crippen molar-refractivity contribution in [3.8, 4) is 46.1 Å². The first-order valence-electron chi connectivity index (χ1n) is 9.65. The summed E-state index contributed by atoms with van der Waals surface area (Å²) < 4.78 is 23.9. The molecule has 31 heavy (non-hydrogen) atoms. The standard InChI is InChI=1S/C22H24N4O4S/c1-5-30-17-9-7-16(8-10-17)26-21(24-25-22(26)31-12-6-11-23)15-13-18(27-2)20(29-4)19(14-15)28-3/h7-10,13-14H,5-6,12H2,1-4H3. The first-order valence-corrected chi connectivity index (χ1v) is 10.6. The van der Waals surface area contributed by atoms with Crippen molar-refractivity contribution < 1.29 is 18.9 Å². The molecule has 162 valence electrons. The van der Waals surface area contributed by atoms with Gasteiger partial charge < -0.3 is 18.9 Å². The molecule has 0 saturated heterocycles. The zero-order chi connectivity index (χ0) is 22.2. The minimum atomic E-state index is 0.417. The molecule has 0 unspecified atom stereocenters. The van der Waals surface area contributed by atoms with Gasteiger partial charge in [0, 0.05) is 23.4 Å². The number of hydrogen-bond donors (Lipinski definition) is 0. The molecule has 0 fully saturated rings. The Labute approximate surface area is 185 Å². The van der Waals surface area contributed by atoms with Crippen molar-refractivity contribution in [2.75, 3.05) is 33.7 Å². The average Bonchev–Trinajstić information content (AvgIpc) is 3.22. The number of benzene rings is 2. The summed E-state index contributed by atoms with van der Waals surface area (Å²) in [5, 5.41) is 18.4. The van der Waals surface area contributed by atoms with Crippen LogP contribution >= 0.6 is 11.8 Å². The van der Waals surface area contributed by atoms with Gasteiger partial charge in [0.05, 0.1) is 34.0 Å². The molecule has 0 aliphatic carbocycles. The Morgan fingerprint density at radius 2 is 1.68 bits per heavy atom. The summed E-state index contributed by atoms with van der Waals surface area (Å²) in [6, 6.07) is 13.5. The number of methoxy groups -OCH3 is 3. The Balaban J connectivity index is 2.13. The van der Waals surface area contributed by atoms with E-state index in [1.165, 1.54) is 11.8 Å². The van der Waals surface area contributed by atoms with Gasteiger partial charge in [0.2, 0.25) is 5.75 Å². The van der Waals surface area contributed by atoms with E-state index in [1.54, 1.807) is 21.3 Å². The van der Waals surface area contributed by atoms with Gasteiger partial charge in [-0.3, -0.25) is 4.57 Å². The summed E-state index contributed by atoms with van der Waals surface area (Å²) in [5.74, 6) is 3.56. The Hall–Kier alpha value is -3.38. The smallest absolute Gasteiger partial charge is 0.203 e. The van der Waals surface area contributed by atoms with Crippen LogP contribution in [0.15, 0.2) is 41.6 Å². The van der Waals surface area contributed by atoms with E-state index < -0.39 is 0 Å². The molecule has 0 amide bonds. The third-order valence-electron chi connectivity index (χ3n) is 4.41. The third kappa shape index (κ3) is 4.86. The molecule has 0 aliphatic heterocycles. The quantitative estimate of drug-likeness (QED) is 0.339. The molecule has 0 radical (unpaired) electrons. The first kappa shape index (κ1) is 22.3. The molecule has 3 aromatic rings. The zero-order valence-electron chi connectivity index (χ0n) is 17.9. The summed E-state index contributed by atoms with van der Waals surface area (Å²) >= 11 is 1.47. The highest BCUT2D eigenvalue weighted by Crippen LogP contribution is 2.41. The molecule has 1 heterocycles. The SMILES string of the molecule is CCOc1ccc(-n2c(SCCC#N)nnc2-c2cc(OC)c(OC)c(OC)c2)cc1. The molecule has 0 saturated carbocycles. The van der Waals surface area contributed by atoms with E-state index in [4.69, 9.17) is 24.2 Å². The topological polar surface area (TPSA) is 91.4 Å². The van der Waals surface area contributed by atoms with Crippen LogP contribution in [0.3, 0.4) is 0 Å². The Kier molecular flexibility index (Phi) is 7.62. The molecular weight excluding hydrogens is 416 g/mol. The molecule has 0 N–H and O–H groups in total. The maximum Gasteiger partial charge on any atom is 0.203 e. The van der Waals surface area contributed by atoms with Crippen molar-refractivity contribution in [3.63, 3.8) is 0 Å². The summed E-state index contributed by atoms with van der Waals surface area (Å²) in [4.78, 5) is 0. The number of thioether (sulfide) groups is 1. The lowest BCUT2D eigenvalue weighted by Crippen LogP contribution is -2.02. The second kappa shape index (κ2) is 10.6. The first-order chi connectivity index (χ1) is 15.2. The van der Waals surface area contributed by atoms with Crippen LogP contribution in [-0.2, 0) is 0 Å². The molecule has 0 bridgehead atoms. The summed E-state index contributed by atoms with van der Waals surface area (Å²) in [5.41, 5.74) is 1.62. The lowest BCUT2D eigenvalue weighted by atomic mass is 10.1. The number of ether oxygens (including phenoxy) is 4. The van der Waals surface area contributed by atoms with Crippen molar-refractivity contribution in [2.45, 2.75) is 18.5 Å². The van der Waals surface area contributed by atoms with E-state index in [1.807, 2.05) is 47.9 Å². The van der Waals surface area contributed by atoms with Crippen LogP contribution < -0.4 is 18.9 Å². The molecule has 3 rings (SSSR count). The van der Waals surface area contributed by atoms with Crippen LogP contribution in [0.25, 0.3) is 17.1 Å². The fourth-order valence-corrected chi connectivity index (χ4v) is 3.83. The van der Waals surface area contributed by atoms with Crippen LogP contribution in [0, 0.1) is 11.3 Å². The van der Waals surface area contributed by atoms with E-state index in [-0.39, 0.29) is 0 Å².